The molecule has 1 aromatic carbocycles. The predicted molar refractivity (Wildman–Crippen MR) is 68.5 cm³/mol. The third kappa shape index (κ3) is 3.69. The Morgan fingerprint density at radius 1 is 1.24 bits per heavy atom. The fourth-order valence-corrected chi connectivity index (χ4v) is 2.03. The average molecular weight is 298 g/mol. The molecule has 0 aromatic heterocycles. The summed E-state index contributed by atoms with van der Waals surface area (Å²) in [4.78, 5) is 24.0. The molecule has 0 saturated heterocycles. The summed E-state index contributed by atoms with van der Waals surface area (Å²) in [5, 5.41) is 0. The zero-order chi connectivity index (χ0) is 15.6. The SMILES string of the molecule is NC(CC(=O)N1C=CC(=O)C1)Cc1cc(F)c(F)cc1F. The van der Waals surface area contributed by atoms with Gasteiger partial charge in [-0.25, -0.2) is 13.2 Å². The standard InChI is InChI=1S/C14H13F3N2O2/c15-11-6-13(17)12(16)4-8(11)3-9(18)5-14(21)19-2-1-10(20)7-19/h1-2,4,6,9H,3,5,7,18H2. The van der Waals surface area contributed by atoms with Gasteiger partial charge in [-0.15, -0.1) is 0 Å². The third-order valence-corrected chi connectivity index (χ3v) is 3.10. The number of hydrogen-bond donors (Lipinski definition) is 1. The van der Waals surface area contributed by atoms with Crippen LogP contribution in [-0.2, 0) is 16.0 Å². The van der Waals surface area contributed by atoms with Crippen LogP contribution in [0.2, 0.25) is 0 Å². The fourth-order valence-electron chi connectivity index (χ4n) is 2.03. The van der Waals surface area contributed by atoms with E-state index in [0.29, 0.717) is 6.07 Å². The zero-order valence-corrected chi connectivity index (χ0v) is 11.0. The molecule has 0 bridgehead atoms. The number of benzene rings is 1. The van der Waals surface area contributed by atoms with Gasteiger partial charge < -0.3 is 10.6 Å². The van der Waals surface area contributed by atoms with Gasteiger partial charge in [-0.2, -0.15) is 0 Å². The van der Waals surface area contributed by atoms with Crippen molar-refractivity contribution < 1.29 is 22.8 Å². The lowest BCUT2D eigenvalue weighted by Crippen LogP contribution is -2.34. The van der Waals surface area contributed by atoms with Gasteiger partial charge in [0.25, 0.3) is 0 Å². The number of nitrogens with zero attached hydrogens (tertiary/aromatic N) is 1. The molecule has 1 amide bonds. The molecule has 1 heterocycles. The van der Waals surface area contributed by atoms with Crippen LogP contribution in [0.15, 0.2) is 24.4 Å². The van der Waals surface area contributed by atoms with Gasteiger partial charge in [0, 0.05) is 24.7 Å². The van der Waals surface area contributed by atoms with Crippen molar-refractivity contribution in [2.24, 2.45) is 5.73 Å². The van der Waals surface area contributed by atoms with E-state index in [-0.39, 0.29) is 36.6 Å². The van der Waals surface area contributed by atoms with Crippen LogP contribution >= 0.6 is 0 Å². The Hall–Kier alpha value is -2.15. The number of carbonyl (C=O) groups excluding carboxylic acids is 2. The predicted octanol–water partition coefficient (Wildman–Crippen LogP) is 1.29. The first-order valence-electron chi connectivity index (χ1n) is 6.26. The fraction of sp³-hybridized carbons (Fsp3) is 0.286. The highest BCUT2D eigenvalue weighted by atomic mass is 19.2. The lowest BCUT2D eigenvalue weighted by Gasteiger charge is -2.16. The summed E-state index contributed by atoms with van der Waals surface area (Å²) >= 11 is 0. The molecule has 0 fully saturated rings. The van der Waals surface area contributed by atoms with Crippen molar-refractivity contribution in [2.75, 3.05) is 6.54 Å². The van der Waals surface area contributed by atoms with E-state index in [0.717, 1.165) is 6.07 Å². The van der Waals surface area contributed by atoms with Crippen LogP contribution in [0, 0.1) is 17.5 Å². The first-order chi connectivity index (χ1) is 9.86. The molecule has 7 heteroatoms. The van der Waals surface area contributed by atoms with Gasteiger partial charge in [-0.1, -0.05) is 0 Å². The maximum absolute atomic E-state index is 13.5. The molecule has 2 rings (SSSR count). The smallest absolute Gasteiger partial charge is 0.228 e. The topological polar surface area (TPSA) is 63.4 Å². The Morgan fingerprint density at radius 2 is 1.90 bits per heavy atom. The minimum atomic E-state index is -1.28. The normalized spacial score (nSPS) is 15.6. The molecule has 0 radical (unpaired) electrons. The van der Waals surface area contributed by atoms with Crippen LogP contribution in [0.3, 0.4) is 0 Å². The van der Waals surface area contributed by atoms with Gasteiger partial charge in [0.2, 0.25) is 5.91 Å². The van der Waals surface area contributed by atoms with Crippen molar-refractivity contribution in [3.05, 3.63) is 47.4 Å². The number of halogens is 3. The summed E-state index contributed by atoms with van der Waals surface area (Å²) in [5.74, 6) is -3.93. The second-order valence-corrected chi connectivity index (χ2v) is 4.83. The molecular formula is C14H13F3N2O2. The van der Waals surface area contributed by atoms with Crippen LogP contribution in [0.25, 0.3) is 0 Å². The number of carbonyl (C=O) groups is 2. The van der Waals surface area contributed by atoms with Crippen molar-refractivity contribution in [3.8, 4) is 0 Å². The highest BCUT2D eigenvalue weighted by molar-refractivity contribution is 5.97. The summed E-state index contributed by atoms with van der Waals surface area (Å²) in [6, 6.07) is 0.413. The monoisotopic (exact) mass is 298 g/mol. The van der Waals surface area contributed by atoms with Crippen LogP contribution < -0.4 is 5.73 Å². The lowest BCUT2D eigenvalue weighted by molar-refractivity contribution is -0.130. The number of hydrogen-bond acceptors (Lipinski definition) is 3. The summed E-state index contributed by atoms with van der Waals surface area (Å²) in [5.41, 5.74) is 5.63. The first kappa shape index (κ1) is 15.2. The Morgan fingerprint density at radius 3 is 2.52 bits per heavy atom. The molecule has 1 atom stereocenters. The van der Waals surface area contributed by atoms with E-state index in [9.17, 15) is 22.8 Å². The van der Waals surface area contributed by atoms with E-state index < -0.39 is 23.5 Å². The van der Waals surface area contributed by atoms with Crippen molar-refractivity contribution in [1.29, 1.82) is 0 Å². The third-order valence-electron chi connectivity index (χ3n) is 3.10. The van der Waals surface area contributed by atoms with Crippen LogP contribution in [-0.4, -0.2) is 29.2 Å². The summed E-state index contributed by atoms with van der Waals surface area (Å²) in [6.07, 6.45) is 2.39. The number of nitrogens with two attached hydrogens (primary N) is 1. The molecule has 0 spiro atoms. The van der Waals surface area contributed by atoms with Gasteiger partial charge in [0.05, 0.1) is 6.54 Å². The van der Waals surface area contributed by atoms with E-state index in [1.54, 1.807) is 0 Å². The Labute approximate surface area is 119 Å². The molecule has 2 N–H and O–H groups in total. The molecule has 112 valence electrons. The molecule has 1 aromatic rings. The summed E-state index contributed by atoms with van der Waals surface area (Å²) in [6.45, 7) is -0.0366. The maximum atomic E-state index is 13.5. The first-order valence-corrected chi connectivity index (χ1v) is 6.26. The van der Waals surface area contributed by atoms with E-state index in [1.807, 2.05) is 0 Å². The van der Waals surface area contributed by atoms with Crippen molar-refractivity contribution in [2.45, 2.75) is 18.9 Å². The van der Waals surface area contributed by atoms with Crippen LogP contribution in [0.4, 0.5) is 13.2 Å². The molecule has 0 saturated carbocycles. The van der Waals surface area contributed by atoms with E-state index in [4.69, 9.17) is 5.73 Å². The minimum absolute atomic E-state index is 0.0366. The maximum Gasteiger partial charge on any atom is 0.228 e. The van der Waals surface area contributed by atoms with Crippen molar-refractivity contribution in [3.63, 3.8) is 0 Å². The van der Waals surface area contributed by atoms with Crippen molar-refractivity contribution >= 4 is 11.7 Å². The van der Waals surface area contributed by atoms with E-state index >= 15 is 0 Å². The molecule has 4 nitrogen and oxygen atoms in total. The van der Waals surface area contributed by atoms with Gasteiger partial charge >= 0.3 is 0 Å². The molecule has 1 aliphatic heterocycles. The average Bonchev–Trinajstić information content (AvgIpc) is 2.82. The molecular weight excluding hydrogens is 285 g/mol. The Bertz CT molecular complexity index is 616. The Balaban J connectivity index is 1.97. The molecule has 1 unspecified atom stereocenters. The quantitative estimate of drug-likeness (QED) is 0.852. The van der Waals surface area contributed by atoms with Gasteiger partial charge in [0.1, 0.15) is 5.82 Å². The molecule has 1 aliphatic rings. The van der Waals surface area contributed by atoms with Gasteiger partial charge in [-0.3, -0.25) is 9.59 Å². The second-order valence-electron chi connectivity index (χ2n) is 4.83. The second kappa shape index (κ2) is 6.09. The number of amides is 1. The highest BCUT2D eigenvalue weighted by Crippen LogP contribution is 2.16. The van der Waals surface area contributed by atoms with E-state index in [1.165, 1.54) is 17.2 Å². The zero-order valence-electron chi connectivity index (χ0n) is 11.0. The van der Waals surface area contributed by atoms with Crippen LogP contribution in [0.5, 0.6) is 0 Å². The van der Waals surface area contributed by atoms with Gasteiger partial charge in [-0.05, 0) is 24.1 Å². The Kier molecular flexibility index (Phi) is 4.42. The molecule has 0 aliphatic carbocycles. The number of rotatable bonds is 4. The van der Waals surface area contributed by atoms with Crippen molar-refractivity contribution in [1.82, 2.24) is 4.90 Å². The molecule has 21 heavy (non-hydrogen) atoms. The highest BCUT2D eigenvalue weighted by Gasteiger charge is 2.22. The van der Waals surface area contributed by atoms with Crippen LogP contribution in [0.1, 0.15) is 12.0 Å². The van der Waals surface area contributed by atoms with E-state index in [2.05, 4.69) is 0 Å². The van der Waals surface area contributed by atoms with Gasteiger partial charge in [0.15, 0.2) is 17.4 Å². The largest absolute Gasteiger partial charge is 0.327 e. The minimum Gasteiger partial charge on any atom is -0.327 e. The lowest BCUT2D eigenvalue weighted by atomic mass is 10.0. The summed E-state index contributed by atoms with van der Waals surface area (Å²) in [7, 11) is 0. The number of ketones is 1. The summed E-state index contributed by atoms with van der Waals surface area (Å²) < 4.78 is 39.3.